The fourth-order valence-electron chi connectivity index (χ4n) is 2.37. The second-order valence-corrected chi connectivity index (χ2v) is 8.13. The summed E-state index contributed by atoms with van der Waals surface area (Å²) in [5.41, 5.74) is 0. The highest BCUT2D eigenvalue weighted by atomic mass is 32.2. The normalized spacial score (nSPS) is 25.7. The second kappa shape index (κ2) is 7.73. The van der Waals surface area contributed by atoms with Gasteiger partial charge < -0.3 is 14.8 Å². The lowest BCUT2D eigenvalue weighted by atomic mass is 10.2. The van der Waals surface area contributed by atoms with Gasteiger partial charge in [-0.3, -0.25) is 14.5 Å². The molecule has 128 valence electrons. The fraction of sp³-hybridized carbons (Fsp3) is 0.400. The van der Waals surface area contributed by atoms with Crippen molar-refractivity contribution in [3.8, 4) is 0 Å². The molecule has 3 heterocycles. The molecule has 0 bridgehead atoms. The van der Waals surface area contributed by atoms with E-state index in [1.54, 1.807) is 30.0 Å². The van der Waals surface area contributed by atoms with Crippen LogP contribution in [0, 0.1) is 0 Å². The van der Waals surface area contributed by atoms with Crippen molar-refractivity contribution < 1.29 is 19.1 Å². The molecule has 2 saturated heterocycles. The zero-order chi connectivity index (χ0) is 17.1. The molecule has 0 aromatic carbocycles. The van der Waals surface area contributed by atoms with E-state index in [0.717, 1.165) is 0 Å². The van der Waals surface area contributed by atoms with E-state index in [9.17, 15) is 14.7 Å². The van der Waals surface area contributed by atoms with Gasteiger partial charge in [0, 0.05) is 30.5 Å². The molecule has 2 atom stereocenters. The maximum Gasteiger partial charge on any atom is 0.266 e. The monoisotopic (exact) mass is 384 g/mol. The predicted molar refractivity (Wildman–Crippen MR) is 98.5 cm³/mol. The number of nitrogens with one attached hydrogen (secondary N) is 1. The van der Waals surface area contributed by atoms with Gasteiger partial charge in [-0.1, -0.05) is 24.0 Å². The highest BCUT2D eigenvalue weighted by molar-refractivity contribution is 8.26. The van der Waals surface area contributed by atoms with Crippen molar-refractivity contribution >= 4 is 58.0 Å². The molecule has 0 spiro atoms. The van der Waals surface area contributed by atoms with Crippen LogP contribution in [0.5, 0.6) is 0 Å². The molecule has 6 nitrogen and oxygen atoms in total. The number of hydrogen-bond acceptors (Lipinski definition) is 7. The zero-order valence-corrected chi connectivity index (χ0v) is 15.1. The first kappa shape index (κ1) is 17.5. The average molecular weight is 385 g/mol. The molecule has 2 unspecified atom stereocenters. The summed E-state index contributed by atoms with van der Waals surface area (Å²) in [4.78, 5) is 26.3. The lowest BCUT2D eigenvalue weighted by molar-refractivity contribution is -0.124. The van der Waals surface area contributed by atoms with E-state index in [4.69, 9.17) is 16.6 Å². The van der Waals surface area contributed by atoms with E-state index < -0.39 is 6.10 Å². The third-order valence-electron chi connectivity index (χ3n) is 3.65. The molecule has 3 rings (SSSR count). The number of carbonyl (C=O) groups is 2. The Bertz CT molecular complexity index is 674. The molecule has 0 radical (unpaired) electrons. The standard InChI is InChI=1S/C15H16N2O4S3/c18-11-8-23-7-10(11)16-13(19)3-4-17-14(20)12(24-15(17)22)6-9-2-1-5-21-9/h1-2,5-6,10-11,18H,3-4,7-8H2,(H,16,19)/b12-6-. The van der Waals surface area contributed by atoms with Crippen LogP contribution in [0.25, 0.3) is 6.08 Å². The molecule has 1 aromatic rings. The molecule has 9 heteroatoms. The van der Waals surface area contributed by atoms with Gasteiger partial charge in [-0.2, -0.15) is 11.8 Å². The Labute approximate surface area is 153 Å². The van der Waals surface area contributed by atoms with E-state index in [1.165, 1.54) is 22.9 Å². The van der Waals surface area contributed by atoms with Crippen LogP contribution in [-0.4, -0.2) is 56.3 Å². The Hall–Kier alpha value is -1.29. The minimum absolute atomic E-state index is 0.147. The number of nitrogens with zero attached hydrogens (tertiary/aromatic N) is 1. The molecule has 2 fully saturated rings. The number of rotatable bonds is 5. The van der Waals surface area contributed by atoms with Crippen LogP contribution < -0.4 is 5.32 Å². The van der Waals surface area contributed by atoms with E-state index in [0.29, 0.717) is 26.5 Å². The maximum atomic E-state index is 12.4. The fourth-order valence-corrected chi connectivity index (χ4v) is 4.83. The van der Waals surface area contributed by atoms with Crippen molar-refractivity contribution in [2.75, 3.05) is 18.1 Å². The SMILES string of the molecule is O=C(CCN1C(=O)/C(=C/c2ccco2)SC1=S)NC1CSCC1O. The van der Waals surface area contributed by atoms with E-state index in [2.05, 4.69) is 5.32 Å². The van der Waals surface area contributed by atoms with Gasteiger partial charge in [-0.15, -0.1) is 0 Å². The smallest absolute Gasteiger partial charge is 0.266 e. The van der Waals surface area contributed by atoms with Crippen molar-refractivity contribution in [2.24, 2.45) is 0 Å². The number of aliphatic hydroxyl groups excluding tert-OH is 1. The zero-order valence-electron chi connectivity index (χ0n) is 12.6. The molecule has 2 N–H and O–H groups in total. The predicted octanol–water partition coefficient (Wildman–Crippen LogP) is 1.46. The van der Waals surface area contributed by atoms with Crippen molar-refractivity contribution in [1.29, 1.82) is 0 Å². The number of aliphatic hydroxyl groups is 1. The van der Waals surface area contributed by atoms with Crippen LogP contribution >= 0.6 is 35.7 Å². The average Bonchev–Trinajstić information content (AvgIpc) is 3.24. The third-order valence-corrected chi connectivity index (χ3v) is 6.20. The number of carbonyl (C=O) groups excluding carboxylic acids is 2. The van der Waals surface area contributed by atoms with Gasteiger partial charge in [0.1, 0.15) is 10.1 Å². The quantitative estimate of drug-likeness (QED) is 0.587. The largest absolute Gasteiger partial charge is 0.465 e. The molecular weight excluding hydrogens is 368 g/mol. The molecular formula is C15H16N2O4S3. The summed E-state index contributed by atoms with van der Waals surface area (Å²) in [7, 11) is 0. The Kier molecular flexibility index (Phi) is 5.65. The number of thiocarbonyl (C=S) groups is 1. The van der Waals surface area contributed by atoms with Crippen LogP contribution in [0.3, 0.4) is 0 Å². The summed E-state index contributed by atoms with van der Waals surface area (Å²) in [5.74, 6) is 1.52. The summed E-state index contributed by atoms with van der Waals surface area (Å²) >= 11 is 8.03. The van der Waals surface area contributed by atoms with Crippen LogP contribution in [0.2, 0.25) is 0 Å². The van der Waals surface area contributed by atoms with Gasteiger partial charge in [0.05, 0.1) is 23.3 Å². The van der Waals surface area contributed by atoms with Gasteiger partial charge in [-0.25, -0.2) is 0 Å². The molecule has 24 heavy (non-hydrogen) atoms. The Morgan fingerprint density at radius 1 is 1.54 bits per heavy atom. The molecule has 2 aliphatic rings. The number of amides is 2. The van der Waals surface area contributed by atoms with Gasteiger partial charge in [0.15, 0.2) is 0 Å². The summed E-state index contributed by atoms with van der Waals surface area (Å²) < 4.78 is 5.64. The first-order valence-corrected chi connectivity index (χ1v) is 9.76. The minimum Gasteiger partial charge on any atom is -0.465 e. The van der Waals surface area contributed by atoms with Crippen LogP contribution in [0.15, 0.2) is 27.7 Å². The van der Waals surface area contributed by atoms with Gasteiger partial charge in [0.25, 0.3) is 5.91 Å². The number of thioether (sulfide) groups is 2. The van der Waals surface area contributed by atoms with E-state index >= 15 is 0 Å². The number of furan rings is 1. The van der Waals surface area contributed by atoms with Crippen molar-refractivity contribution in [3.63, 3.8) is 0 Å². The van der Waals surface area contributed by atoms with Crippen LogP contribution in [0.4, 0.5) is 0 Å². The van der Waals surface area contributed by atoms with E-state index in [1.807, 2.05) is 0 Å². The number of hydrogen-bond donors (Lipinski definition) is 2. The summed E-state index contributed by atoms with van der Waals surface area (Å²) in [6, 6.07) is 3.28. The van der Waals surface area contributed by atoms with Crippen molar-refractivity contribution in [3.05, 3.63) is 29.1 Å². The Morgan fingerprint density at radius 3 is 3.04 bits per heavy atom. The molecule has 2 aliphatic heterocycles. The lowest BCUT2D eigenvalue weighted by Gasteiger charge is -2.17. The lowest BCUT2D eigenvalue weighted by Crippen LogP contribution is -2.43. The van der Waals surface area contributed by atoms with Gasteiger partial charge >= 0.3 is 0 Å². The van der Waals surface area contributed by atoms with Crippen molar-refractivity contribution in [2.45, 2.75) is 18.6 Å². The summed E-state index contributed by atoms with van der Waals surface area (Å²) in [6.07, 6.45) is 2.82. The van der Waals surface area contributed by atoms with Gasteiger partial charge in [0.2, 0.25) is 5.91 Å². The highest BCUT2D eigenvalue weighted by Crippen LogP contribution is 2.32. The second-order valence-electron chi connectivity index (χ2n) is 5.38. The maximum absolute atomic E-state index is 12.4. The van der Waals surface area contributed by atoms with Gasteiger partial charge in [-0.05, 0) is 12.1 Å². The molecule has 0 saturated carbocycles. The van der Waals surface area contributed by atoms with Crippen LogP contribution in [-0.2, 0) is 9.59 Å². The van der Waals surface area contributed by atoms with E-state index in [-0.39, 0.29) is 30.8 Å². The summed E-state index contributed by atoms with van der Waals surface area (Å²) in [5, 5.41) is 12.5. The topological polar surface area (TPSA) is 82.8 Å². The Morgan fingerprint density at radius 2 is 2.38 bits per heavy atom. The third kappa shape index (κ3) is 4.02. The summed E-state index contributed by atoms with van der Waals surface area (Å²) in [6.45, 7) is 0.224. The first-order chi connectivity index (χ1) is 11.5. The van der Waals surface area contributed by atoms with Crippen LogP contribution in [0.1, 0.15) is 12.2 Å². The van der Waals surface area contributed by atoms with Crippen molar-refractivity contribution in [1.82, 2.24) is 10.2 Å². The highest BCUT2D eigenvalue weighted by Gasteiger charge is 2.33. The molecule has 0 aliphatic carbocycles. The first-order valence-electron chi connectivity index (χ1n) is 7.38. The molecule has 2 amide bonds. The Balaban J connectivity index is 1.54. The molecule has 1 aromatic heterocycles. The minimum atomic E-state index is -0.508.